The molecule has 0 aromatic heterocycles. The summed E-state index contributed by atoms with van der Waals surface area (Å²) in [6.07, 6.45) is 0. The number of para-hydroxylation sites is 1. The first kappa shape index (κ1) is 11.7. The zero-order valence-corrected chi connectivity index (χ0v) is 10.4. The molecule has 0 fully saturated rings. The standard InChI is InChI=1S/C15H14FN3/c16-13-7-3-1-5-11(13)12-6-2-4-8-14(12)19-15-17-9-10-18-15/h1-8H,9-10H2,(H2,17,18,19). The minimum atomic E-state index is -0.224. The highest BCUT2D eigenvalue weighted by Crippen LogP contribution is 2.29. The van der Waals surface area contributed by atoms with Crippen molar-refractivity contribution >= 4 is 11.6 Å². The Kier molecular flexibility index (Phi) is 3.14. The smallest absolute Gasteiger partial charge is 0.195 e. The van der Waals surface area contributed by atoms with E-state index in [9.17, 15) is 4.39 Å². The molecular weight excluding hydrogens is 241 g/mol. The van der Waals surface area contributed by atoms with Gasteiger partial charge >= 0.3 is 0 Å². The van der Waals surface area contributed by atoms with E-state index in [2.05, 4.69) is 15.6 Å². The molecule has 0 bridgehead atoms. The van der Waals surface area contributed by atoms with Crippen LogP contribution in [0.4, 0.5) is 10.1 Å². The van der Waals surface area contributed by atoms with Crippen molar-refractivity contribution in [2.75, 3.05) is 18.4 Å². The first-order valence-electron chi connectivity index (χ1n) is 6.24. The summed E-state index contributed by atoms with van der Waals surface area (Å²) in [6.45, 7) is 1.61. The Morgan fingerprint density at radius 3 is 2.47 bits per heavy atom. The molecule has 96 valence electrons. The van der Waals surface area contributed by atoms with Gasteiger partial charge in [0, 0.05) is 23.4 Å². The number of guanidine groups is 1. The second kappa shape index (κ2) is 5.10. The first-order chi connectivity index (χ1) is 9.34. The largest absolute Gasteiger partial charge is 0.354 e. The Balaban J connectivity index is 2.00. The van der Waals surface area contributed by atoms with Crippen molar-refractivity contribution in [1.82, 2.24) is 5.32 Å². The van der Waals surface area contributed by atoms with Gasteiger partial charge < -0.3 is 10.6 Å². The molecule has 0 saturated carbocycles. The third-order valence-electron chi connectivity index (χ3n) is 3.02. The van der Waals surface area contributed by atoms with Crippen LogP contribution in [0, 0.1) is 5.82 Å². The molecule has 0 amide bonds. The molecular formula is C15H14FN3. The number of hydrogen-bond donors (Lipinski definition) is 2. The molecule has 3 nitrogen and oxygen atoms in total. The predicted molar refractivity (Wildman–Crippen MR) is 75.8 cm³/mol. The predicted octanol–water partition coefficient (Wildman–Crippen LogP) is 2.86. The van der Waals surface area contributed by atoms with Gasteiger partial charge in [-0.25, -0.2) is 4.39 Å². The monoisotopic (exact) mass is 255 g/mol. The van der Waals surface area contributed by atoms with Gasteiger partial charge in [-0.2, -0.15) is 0 Å². The minimum absolute atomic E-state index is 0.224. The lowest BCUT2D eigenvalue weighted by atomic mass is 10.0. The summed E-state index contributed by atoms with van der Waals surface area (Å²) in [5, 5.41) is 6.35. The SMILES string of the molecule is Fc1ccccc1-c1ccccc1NC1=NCCN1. The van der Waals surface area contributed by atoms with Crippen LogP contribution in [0.2, 0.25) is 0 Å². The Labute approximate surface area is 111 Å². The molecule has 1 aliphatic rings. The third-order valence-corrected chi connectivity index (χ3v) is 3.02. The fourth-order valence-electron chi connectivity index (χ4n) is 2.12. The number of anilines is 1. The summed E-state index contributed by atoms with van der Waals surface area (Å²) in [6, 6.07) is 14.4. The van der Waals surface area contributed by atoms with Gasteiger partial charge in [0.2, 0.25) is 0 Å². The number of nitrogens with zero attached hydrogens (tertiary/aromatic N) is 1. The van der Waals surface area contributed by atoms with Gasteiger partial charge in [-0.15, -0.1) is 0 Å². The number of benzene rings is 2. The second-order valence-electron chi connectivity index (χ2n) is 4.31. The van der Waals surface area contributed by atoms with Crippen LogP contribution < -0.4 is 10.6 Å². The second-order valence-corrected chi connectivity index (χ2v) is 4.31. The van der Waals surface area contributed by atoms with Crippen LogP contribution in [0.5, 0.6) is 0 Å². The molecule has 3 rings (SSSR count). The van der Waals surface area contributed by atoms with E-state index in [0.717, 1.165) is 30.3 Å². The molecule has 0 aliphatic carbocycles. The van der Waals surface area contributed by atoms with E-state index in [1.165, 1.54) is 6.07 Å². The zero-order valence-electron chi connectivity index (χ0n) is 10.4. The molecule has 1 heterocycles. The fraction of sp³-hybridized carbons (Fsp3) is 0.133. The van der Waals surface area contributed by atoms with Crippen LogP contribution in [-0.4, -0.2) is 19.0 Å². The number of nitrogens with one attached hydrogen (secondary N) is 2. The van der Waals surface area contributed by atoms with Crippen LogP contribution in [0.3, 0.4) is 0 Å². The lowest BCUT2D eigenvalue weighted by Crippen LogP contribution is -2.26. The van der Waals surface area contributed by atoms with Gasteiger partial charge in [-0.05, 0) is 12.1 Å². The highest BCUT2D eigenvalue weighted by atomic mass is 19.1. The zero-order chi connectivity index (χ0) is 13.1. The van der Waals surface area contributed by atoms with Crippen LogP contribution >= 0.6 is 0 Å². The molecule has 0 radical (unpaired) electrons. The molecule has 2 N–H and O–H groups in total. The summed E-state index contributed by atoms with van der Waals surface area (Å²) in [4.78, 5) is 4.29. The number of aliphatic imine (C=N–C) groups is 1. The Hall–Kier alpha value is -2.36. The van der Waals surface area contributed by atoms with E-state index in [-0.39, 0.29) is 5.82 Å². The topological polar surface area (TPSA) is 36.4 Å². The molecule has 0 atom stereocenters. The van der Waals surface area contributed by atoms with E-state index >= 15 is 0 Å². The van der Waals surface area contributed by atoms with Crippen molar-refractivity contribution in [3.63, 3.8) is 0 Å². The Morgan fingerprint density at radius 1 is 1.00 bits per heavy atom. The van der Waals surface area contributed by atoms with Crippen molar-refractivity contribution in [3.8, 4) is 11.1 Å². The summed E-state index contributed by atoms with van der Waals surface area (Å²) in [5.41, 5.74) is 2.27. The van der Waals surface area contributed by atoms with E-state index in [4.69, 9.17) is 0 Å². The maximum absolute atomic E-state index is 13.9. The maximum atomic E-state index is 13.9. The average molecular weight is 255 g/mol. The molecule has 4 heteroatoms. The van der Waals surface area contributed by atoms with Crippen molar-refractivity contribution in [2.45, 2.75) is 0 Å². The maximum Gasteiger partial charge on any atom is 0.195 e. The Morgan fingerprint density at radius 2 is 1.74 bits per heavy atom. The molecule has 0 unspecified atom stereocenters. The van der Waals surface area contributed by atoms with E-state index in [0.29, 0.717) is 5.56 Å². The summed E-state index contributed by atoms with van der Waals surface area (Å²) < 4.78 is 13.9. The minimum Gasteiger partial charge on any atom is -0.354 e. The number of rotatable bonds is 2. The van der Waals surface area contributed by atoms with Gasteiger partial charge in [0.25, 0.3) is 0 Å². The normalized spacial score (nSPS) is 13.8. The van der Waals surface area contributed by atoms with Gasteiger partial charge in [0.15, 0.2) is 5.96 Å². The van der Waals surface area contributed by atoms with Gasteiger partial charge in [-0.1, -0.05) is 36.4 Å². The van der Waals surface area contributed by atoms with Crippen molar-refractivity contribution in [2.24, 2.45) is 4.99 Å². The van der Waals surface area contributed by atoms with Crippen molar-refractivity contribution in [1.29, 1.82) is 0 Å². The van der Waals surface area contributed by atoms with Gasteiger partial charge in [-0.3, -0.25) is 4.99 Å². The van der Waals surface area contributed by atoms with Crippen molar-refractivity contribution in [3.05, 3.63) is 54.3 Å². The van der Waals surface area contributed by atoms with Crippen molar-refractivity contribution < 1.29 is 4.39 Å². The highest BCUT2D eigenvalue weighted by Gasteiger charge is 2.11. The quantitative estimate of drug-likeness (QED) is 0.865. The summed E-state index contributed by atoms with van der Waals surface area (Å²) in [5.74, 6) is 0.516. The third kappa shape index (κ3) is 2.42. The molecule has 0 saturated heterocycles. The molecule has 2 aromatic carbocycles. The molecule has 2 aromatic rings. The molecule has 1 aliphatic heterocycles. The van der Waals surface area contributed by atoms with E-state index in [1.54, 1.807) is 12.1 Å². The molecule has 0 spiro atoms. The molecule has 19 heavy (non-hydrogen) atoms. The van der Waals surface area contributed by atoms with Crippen LogP contribution in [0.1, 0.15) is 0 Å². The fourth-order valence-corrected chi connectivity index (χ4v) is 2.12. The van der Waals surface area contributed by atoms with E-state index in [1.807, 2.05) is 30.3 Å². The van der Waals surface area contributed by atoms with Crippen LogP contribution in [-0.2, 0) is 0 Å². The van der Waals surface area contributed by atoms with Gasteiger partial charge in [0.05, 0.1) is 6.54 Å². The first-order valence-corrected chi connectivity index (χ1v) is 6.24. The van der Waals surface area contributed by atoms with Crippen LogP contribution in [0.15, 0.2) is 53.5 Å². The van der Waals surface area contributed by atoms with Gasteiger partial charge in [0.1, 0.15) is 5.82 Å². The number of hydrogen-bond acceptors (Lipinski definition) is 3. The Bertz CT molecular complexity index is 622. The van der Waals surface area contributed by atoms with E-state index < -0.39 is 0 Å². The lowest BCUT2D eigenvalue weighted by Gasteiger charge is -2.12. The number of halogens is 1. The van der Waals surface area contributed by atoms with Crippen LogP contribution in [0.25, 0.3) is 11.1 Å². The average Bonchev–Trinajstić information content (AvgIpc) is 2.93. The highest BCUT2D eigenvalue weighted by molar-refractivity contribution is 5.98. The summed E-state index contributed by atoms with van der Waals surface area (Å²) in [7, 11) is 0. The summed E-state index contributed by atoms with van der Waals surface area (Å²) >= 11 is 0. The lowest BCUT2D eigenvalue weighted by molar-refractivity contribution is 0.631.